The molecule has 1 saturated carbocycles. The van der Waals surface area contributed by atoms with E-state index in [0.29, 0.717) is 55.1 Å². The third-order valence-electron chi connectivity index (χ3n) is 7.45. The van der Waals surface area contributed by atoms with Crippen molar-refractivity contribution in [3.63, 3.8) is 0 Å². The van der Waals surface area contributed by atoms with Gasteiger partial charge in [-0.05, 0) is 56.9 Å². The van der Waals surface area contributed by atoms with Gasteiger partial charge in [-0.15, -0.1) is 0 Å². The lowest BCUT2D eigenvalue weighted by molar-refractivity contribution is -0.133. The molecule has 3 rings (SSSR count). The summed E-state index contributed by atoms with van der Waals surface area (Å²) in [6.45, 7) is 12.4. The second kappa shape index (κ2) is 10.2. The molecule has 0 aliphatic heterocycles. The molecular weight excluding hydrogens is 404 g/mol. The number of hydrogen-bond acceptors (Lipinski definition) is 4. The van der Waals surface area contributed by atoms with Crippen LogP contribution in [0.3, 0.4) is 0 Å². The molecule has 1 unspecified atom stereocenters. The van der Waals surface area contributed by atoms with Crippen LogP contribution in [0.4, 0.5) is 0 Å². The van der Waals surface area contributed by atoms with Gasteiger partial charge in [-0.3, -0.25) is 14.2 Å². The first kappa shape index (κ1) is 24.5. The summed E-state index contributed by atoms with van der Waals surface area (Å²) in [7, 11) is 0. The summed E-state index contributed by atoms with van der Waals surface area (Å²) < 4.78 is 2.97. The van der Waals surface area contributed by atoms with Crippen molar-refractivity contribution >= 4 is 24.0 Å². The Morgan fingerprint density at radius 2 is 1.88 bits per heavy atom. The lowest BCUT2D eigenvalue weighted by atomic mass is 9.69. The third kappa shape index (κ3) is 4.49. The summed E-state index contributed by atoms with van der Waals surface area (Å²) in [6.07, 6.45) is 7.24. The van der Waals surface area contributed by atoms with Crippen molar-refractivity contribution in [2.45, 2.75) is 66.8 Å². The van der Waals surface area contributed by atoms with Crippen molar-refractivity contribution in [3.8, 4) is 0 Å². The summed E-state index contributed by atoms with van der Waals surface area (Å²) in [5.74, 6) is 0.634. The zero-order valence-corrected chi connectivity index (χ0v) is 20.3. The predicted octanol–water partition coefficient (Wildman–Crippen LogP) is 1.41. The fourth-order valence-electron chi connectivity index (χ4n) is 5.60. The number of hydrogen-bond donors (Lipinski definition) is 1. The number of nitrogens with zero attached hydrogens (tertiary/aromatic N) is 3. The van der Waals surface area contributed by atoms with E-state index in [1.165, 1.54) is 4.57 Å². The van der Waals surface area contributed by atoms with Crippen LogP contribution in [0.25, 0.3) is 12.2 Å². The number of aromatic nitrogens is 2. The van der Waals surface area contributed by atoms with Gasteiger partial charge < -0.3 is 10.6 Å². The largest absolute Gasteiger partial charge is 0.343 e. The highest BCUT2D eigenvalue weighted by molar-refractivity contribution is 5.86. The van der Waals surface area contributed by atoms with Crippen molar-refractivity contribution in [3.05, 3.63) is 21.2 Å². The molecule has 1 aromatic rings. The fourth-order valence-corrected chi connectivity index (χ4v) is 5.60. The smallest absolute Gasteiger partial charge is 0.336 e. The Hall–Kier alpha value is -2.15. The van der Waals surface area contributed by atoms with Crippen LogP contribution in [0.5, 0.6) is 0 Å². The lowest BCUT2D eigenvalue weighted by Crippen LogP contribution is -2.46. The van der Waals surface area contributed by atoms with Crippen LogP contribution in [0.15, 0.2) is 4.79 Å². The van der Waals surface area contributed by atoms with E-state index < -0.39 is 0 Å². The summed E-state index contributed by atoms with van der Waals surface area (Å²) in [4.78, 5) is 42.0. The molecule has 32 heavy (non-hydrogen) atoms. The van der Waals surface area contributed by atoms with Gasteiger partial charge in [0.05, 0.1) is 16.6 Å². The first-order chi connectivity index (χ1) is 15.2. The maximum atomic E-state index is 13.8. The molecule has 1 heterocycles. The number of carbonyl (C=O) groups excluding carboxylic acids is 2. The minimum atomic E-state index is -0.324. The van der Waals surface area contributed by atoms with Crippen LogP contribution in [-0.4, -0.2) is 45.5 Å². The first-order valence-electron chi connectivity index (χ1n) is 12.3. The number of fused-ring (bicyclic) bond motifs is 1. The number of nitrogens with two attached hydrogens (primary N) is 1. The van der Waals surface area contributed by atoms with E-state index in [1.54, 1.807) is 4.57 Å². The SMILES string of the molecule is CCN(CC)C(=O)C1C=c2c(n(C(=O)[C@@H]3C[C@H](C)CC[C@H]3C(C)C)c(=O)n2CCN)=CC1. The fraction of sp³-hybridized carbons (Fsp3) is 0.720. The Bertz CT molecular complexity index is 1020. The summed E-state index contributed by atoms with van der Waals surface area (Å²) in [5.41, 5.74) is 5.48. The molecule has 0 saturated heterocycles. The van der Waals surface area contributed by atoms with E-state index in [4.69, 9.17) is 5.73 Å². The van der Waals surface area contributed by atoms with Gasteiger partial charge in [0.1, 0.15) is 0 Å². The zero-order chi connectivity index (χ0) is 23.6. The molecule has 1 aromatic heterocycles. The summed E-state index contributed by atoms with van der Waals surface area (Å²) in [6, 6.07) is 0. The Morgan fingerprint density at radius 1 is 1.19 bits per heavy atom. The van der Waals surface area contributed by atoms with Crippen LogP contribution < -0.4 is 22.1 Å². The highest BCUT2D eigenvalue weighted by Crippen LogP contribution is 2.38. The molecule has 2 aliphatic carbocycles. The predicted molar refractivity (Wildman–Crippen MR) is 127 cm³/mol. The van der Waals surface area contributed by atoms with Crippen molar-refractivity contribution in [2.24, 2.45) is 35.3 Å². The number of imidazole rings is 1. The summed E-state index contributed by atoms with van der Waals surface area (Å²) >= 11 is 0. The average molecular weight is 445 g/mol. The van der Waals surface area contributed by atoms with Crippen LogP contribution >= 0.6 is 0 Å². The monoisotopic (exact) mass is 444 g/mol. The first-order valence-corrected chi connectivity index (χ1v) is 12.3. The molecule has 2 N–H and O–H groups in total. The van der Waals surface area contributed by atoms with Gasteiger partial charge in [-0.1, -0.05) is 33.3 Å². The minimum Gasteiger partial charge on any atom is -0.343 e. The minimum absolute atomic E-state index is 0.0590. The second-order valence-corrected chi connectivity index (χ2v) is 9.82. The molecule has 1 amide bonds. The molecule has 4 atom stereocenters. The van der Waals surface area contributed by atoms with Crippen LogP contribution in [-0.2, 0) is 11.3 Å². The van der Waals surface area contributed by atoms with Gasteiger partial charge in [0.2, 0.25) is 11.8 Å². The van der Waals surface area contributed by atoms with Crippen LogP contribution in [0, 0.1) is 29.6 Å². The molecule has 0 bridgehead atoms. The van der Waals surface area contributed by atoms with Gasteiger partial charge in [-0.2, -0.15) is 0 Å². The topological polar surface area (TPSA) is 90.3 Å². The van der Waals surface area contributed by atoms with E-state index in [-0.39, 0.29) is 35.3 Å². The van der Waals surface area contributed by atoms with E-state index >= 15 is 0 Å². The average Bonchev–Trinajstić information content (AvgIpc) is 3.04. The van der Waals surface area contributed by atoms with Gasteiger partial charge in [-0.25, -0.2) is 9.36 Å². The van der Waals surface area contributed by atoms with Crippen LogP contribution in [0.1, 0.15) is 65.1 Å². The molecule has 0 radical (unpaired) electrons. The number of carbonyl (C=O) groups is 2. The van der Waals surface area contributed by atoms with Crippen molar-refractivity contribution in [1.29, 1.82) is 0 Å². The Kier molecular flexibility index (Phi) is 7.80. The highest BCUT2D eigenvalue weighted by atomic mass is 16.2. The van der Waals surface area contributed by atoms with E-state index in [1.807, 2.05) is 30.9 Å². The zero-order valence-electron chi connectivity index (χ0n) is 20.3. The van der Waals surface area contributed by atoms with E-state index in [9.17, 15) is 14.4 Å². The molecule has 0 spiro atoms. The lowest BCUT2D eigenvalue weighted by Gasteiger charge is -2.36. The molecule has 0 aromatic carbocycles. The van der Waals surface area contributed by atoms with Gasteiger partial charge in [0.15, 0.2) is 0 Å². The number of rotatable bonds is 7. The van der Waals surface area contributed by atoms with Crippen molar-refractivity contribution in [2.75, 3.05) is 19.6 Å². The van der Waals surface area contributed by atoms with E-state index in [2.05, 4.69) is 20.8 Å². The quantitative estimate of drug-likeness (QED) is 0.688. The maximum Gasteiger partial charge on any atom is 0.336 e. The maximum absolute atomic E-state index is 13.8. The molecule has 1 fully saturated rings. The highest BCUT2D eigenvalue weighted by Gasteiger charge is 2.37. The second-order valence-electron chi connectivity index (χ2n) is 9.82. The Morgan fingerprint density at radius 3 is 2.47 bits per heavy atom. The molecule has 7 nitrogen and oxygen atoms in total. The van der Waals surface area contributed by atoms with E-state index in [0.717, 1.165) is 19.3 Å². The van der Waals surface area contributed by atoms with Crippen molar-refractivity contribution < 1.29 is 9.59 Å². The standard InChI is InChI=1S/C25H40N4O3/c1-6-27(7-2)23(30)18-9-11-21-22(15-18)28(13-12-26)25(32)29(21)24(31)20-14-17(5)8-10-19(20)16(3)4/h11,15-20H,6-10,12-14,26H2,1-5H3/t17-,18?,19+,20-/m1/s1. The van der Waals surface area contributed by atoms with Gasteiger partial charge in [0, 0.05) is 32.1 Å². The number of amides is 1. The normalized spacial score (nSPS) is 25.1. The molecule has 2 aliphatic rings. The Balaban J connectivity index is 2.10. The summed E-state index contributed by atoms with van der Waals surface area (Å²) in [5, 5.41) is 1.30. The van der Waals surface area contributed by atoms with Crippen LogP contribution in [0.2, 0.25) is 0 Å². The van der Waals surface area contributed by atoms with Gasteiger partial charge >= 0.3 is 5.69 Å². The molecule has 7 heteroatoms. The van der Waals surface area contributed by atoms with Crippen molar-refractivity contribution in [1.82, 2.24) is 14.0 Å². The molecule has 178 valence electrons. The molecular formula is C25H40N4O3. The third-order valence-corrected chi connectivity index (χ3v) is 7.45. The Labute approximate surface area is 191 Å². The van der Waals surface area contributed by atoms with Gasteiger partial charge in [0.25, 0.3) is 0 Å².